The van der Waals surface area contributed by atoms with Crippen molar-refractivity contribution in [2.45, 2.75) is 32.6 Å². The van der Waals surface area contributed by atoms with Gasteiger partial charge in [-0.3, -0.25) is 0 Å². The normalized spacial score (nSPS) is 15.8. The van der Waals surface area contributed by atoms with E-state index in [1.54, 1.807) is 0 Å². The summed E-state index contributed by atoms with van der Waals surface area (Å²) in [5.74, 6) is 0.216. The molecule has 0 saturated carbocycles. The Balaban J connectivity index is 1.47. The second-order valence-corrected chi connectivity index (χ2v) is 17.7. The number of rotatable bonds is 8. The average molecular weight is 613 g/mol. The highest BCUT2D eigenvalue weighted by molar-refractivity contribution is 7.85. The summed E-state index contributed by atoms with van der Waals surface area (Å²) in [7, 11) is -6.23. The van der Waals surface area contributed by atoms with Gasteiger partial charge >= 0.3 is 0 Å². The Labute approximate surface area is 262 Å². The van der Waals surface area contributed by atoms with Crippen molar-refractivity contribution in [1.29, 1.82) is 0 Å². The van der Waals surface area contributed by atoms with Crippen LogP contribution in [0.5, 0.6) is 0 Å². The van der Waals surface area contributed by atoms with Crippen molar-refractivity contribution >= 4 is 40.8 Å². The van der Waals surface area contributed by atoms with Gasteiger partial charge < -0.3 is 9.13 Å². The van der Waals surface area contributed by atoms with E-state index in [0.717, 1.165) is 43.8 Å². The van der Waals surface area contributed by atoms with Crippen LogP contribution in [0, 0.1) is 5.92 Å². The quantitative estimate of drug-likeness (QED) is 0.165. The first kappa shape index (κ1) is 30.1. The second kappa shape index (κ2) is 12.2. The van der Waals surface area contributed by atoms with Crippen LogP contribution in [-0.2, 0) is 14.5 Å². The summed E-state index contributed by atoms with van der Waals surface area (Å²) >= 11 is 0. The van der Waals surface area contributed by atoms with E-state index < -0.39 is 14.3 Å². The Morgan fingerprint density at radius 2 is 0.955 bits per heavy atom. The van der Waals surface area contributed by atoms with Crippen molar-refractivity contribution in [3.8, 4) is 0 Å². The summed E-state index contributed by atoms with van der Waals surface area (Å²) in [4.78, 5) is 0. The van der Waals surface area contributed by atoms with Crippen LogP contribution in [0.4, 0.5) is 0 Å². The summed E-state index contributed by atoms with van der Waals surface area (Å²) in [6.45, 7) is 6.68. The molecule has 0 heterocycles. The van der Waals surface area contributed by atoms with Gasteiger partial charge in [0.25, 0.3) is 0 Å². The molecule has 0 spiro atoms. The van der Waals surface area contributed by atoms with Crippen LogP contribution < -0.4 is 26.5 Å². The molecule has 0 saturated heterocycles. The maximum Gasteiger partial charge on any atom is 0.171 e. The Hall–Kier alpha value is -3.96. The number of benzene rings is 5. The van der Waals surface area contributed by atoms with Crippen molar-refractivity contribution < 1.29 is 9.13 Å². The fraction of sp³-hybridized carbons (Fsp3) is 0.150. The minimum Gasteiger partial charge on any atom is -0.309 e. The van der Waals surface area contributed by atoms with Crippen LogP contribution in [-0.4, -0.2) is 0 Å². The van der Waals surface area contributed by atoms with Crippen LogP contribution in [0.25, 0.3) is 0 Å². The molecule has 44 heavy (non-hydrogen) atoms. The van der Waals surface area contributed by atoms with Gasteiger partial charge in [0.15, 0.2) is 14.3 Å². The molecule has 0 fully saturated rings. The molecule has 2 nitrogen and oxygen atoms in total. The Bertz CT molecular complexity index is 1820. The van der Waals surface area contributed by atoms with E-state index >= 15 is 9.13 Å². The topological polar surface area (TPSA) is 34.1 Å². The lowest BCUT2D eigenvalue weighted by molar-refractivity contribution is 0.548. The molecule has 1 atom stereocenters. The van der Waals surface area contributed by atoms with E-state index in [1.165, 1.54) is 5.57 Å². The third kappa shape index (κ3) is 5.43. The van der Waals surface area contributed by atoms with Gasteiger partial charge in [0.2, 0.25) is 0 Å². The molecule has 4 heteroatoms. The van der Waals surface area contributed by atoms with Gasteiger partial charge in [-0.1, -0.05) is 178 Å². The highest BCUT2D eigenvalue weighted by Gasteiger charge is 2.37. The van der Waals surface area contributed by atoms with E-state index in [2.05, 4.69) is 45.1 Å². The maximum absolute atomic E-state index is 15.3. The fourth-order valence-corrected chi connectivity index (χ4v) is 11.9. The van der Waals surface area contributed by atoms with E-state index in [-0.39, 0.29) is 11.3 Å². The lowest BCUT2D eigenvalue weighted by Gasteiger charge is -2.35. The van der Waals surface area contributed by atoms with Gasteiger partial charge in [-0.25, -0.2) is 0 Å². The SMILES string of the molecule is CC1C=C(P(=O)(c2ccccc2)c2ccccc2)C=C(C(C)(C)c2cccc(P(=O)(c3ccccc3)c3ccccc3)c2)C1. The van der Waals surface area contributed by atoms with E-state index in [9.17, 15) is 0 Å². The minimum absolute atomic E-state index is 0.216. The first-order valence-electron chi connectivity index (χ1n) is 15.2. The Morgan fingerprint density at radius 3 is 1.41 bits per heavy atom. The zero-order valence-electron chi connectivity index (χ0n) is 25.5. The lowest BCUT2D eigenvalue weighted by Crippen LogP contribution is -2.28. The molecule has 5 aromatic rings. The minimum atomic E-state index is -3.12. The number of hydrogen-bond donors (Lipinski definition) is 0. The van der Waals surface area contributed by atoms with Crippen LogP contribution in [0.15, 0.2) is 169 Å². The molecular weight excluding hydrogens is 574 g/mol. The van der Waals surface area contributed by atoms with Gasteiger partial charge in [-0.15, -0.1) is 0 Å². The summed E-state index contributed by atoms with van der Waals surface area (Å²) in [6, 6.07) is 47.7. The molecular formula is C40H38O2P2. The van der Waals surface area contributed by atoms with Crippen molar-refractivity contribution in [3.05, 3.63) is 174 Å². The van der Waals surface area contributed by atoms with Gasteiger partial charge in [-0.2, -0.15) is 0 Å². The molecule has 220 valence electrons. The molecule has 1 aliphatic carbocycles. The summed E-state index contributed by atoms with van der Waals surface area (Å²) < 4.78 is 30.4. The molecule has 0 bridgehead atoms. The van der Waals surface area contributed by atoms with Crippen molar-refractivity contribution in [2.75, 3.05) is 0 Å². The summed E-state index contributed by atoms with van der Waals surface area (Å²) in [6.07, 6.45) is 5.26. The molecule has 0 aromatic heterocycles. The fourth-order valence-electron chi connectivity index (χ4n) is 6.34. The monoisotopic (exact) mass is 612 g/mol. The highest BCUT2D eigenvalue weighted by atomic mass is 31.2. The zero-order valence-corrected chi connectivity index (χ0v) is 27.3. The van der Waals surface area contributed by atoms with Crippen LogP contribution in [0.1, 0.15) is 32.8 Å². The standard InChI is InChI=1S/C40H38O2P2/c1-31-27-33(30-39(28-31)44(42,36-22-12-6-13-23-36)37-24-14-7-15-25-37)40(2,3)32-17-16-26-38(29-32)43(41,34-18-8-4-9-19-34)35-20-10-5-11-21-35/h4-26,28-31H,27H2,1-3H3. The van der Waals surface area contributed by atoms with Crippen molar-refractivity contribution in [3.63, 3.8) is 0 Å². The maximum atomic E-state index is 15.3. The predicted molar refractivity (Wildman–Crippen MR) is 189 cm³/mol. The summed E-state index contributed by atoms with van der Waals surface area (Å²) in [5.41, 5.74) is 1.93. The molecule has 5 aromatic carbocycles. The Kier molecular flexibility index (Phi) is 8.34. The Morgan fingerprint density at radius 1 is 0.545 bits per heavy atom. The third-order valence-corrected chi connectivity index (χ3v) is 15.0. The van der Waals surface area contributed by atoms with Gasteiger partial charge in [0.05, 0.1) is 0 Å². The first-order valence-corrected chi connectivity index (χ1v) is 18.6. The molecule has 0 amide bonds. The lowest BCUT2D eigenvalue weighted by atomic mass is 9.73. The number of hydrogen-bond acceptors (Lipinski definition) is 2. The second-order valence-electron chi connectivity index (χ2n) is 12.2. The van der Waals surface area contributed by atoms with Gasteiger partial charge in [-0.05, 0) is 24.0 Å². The van der Waals surface area contributed by atoms with E-state index in [1.807, 2.05) is 133 Å². The smallest absolute Gasteiger partial charge is 0.171 e. The molecule has 1 unspecified atom stereocenters. The highest BCUT2D eigenvalue weighted by Crippen LogP contribution is 2.56. The van der Waals surface area contributed by atoms with Gasteiger partial charge in [0.1, 0.15) is 0 Å². The molecule has 0 N–H and O–H groups in total. The van der Waals surface area contributed by atoms with Crippen molar-refractivity contribution in [2.24, 2.45) is 5.92 Å². The molecule has 6 rings (SSSR count). The number of allylic oxidation sites excluding steroid dienone is 4. The van der Waals surface area contributed by atoms with Crippen LogP contribution >= 0.6 is 14.3 Å². The average Bonchev–Trinajstić information content (AvgIpc) is 3.09. The van der Waals surface area contributed by atoms with Crippen LogP contribution in [0.3, 0.4) is 0 Å². The van der Waals surface area contributed by atoms with Crippen molar-refractivity contribution in [1.82, 2.24) is 0 Å². The molecule has 1 aliphatic rings. The molecule has 0 aliphatic heterocycles. The van der Waals surface area contributed by atoms with E-state index in [0.29, 0.717) is 0 Å². The van der Waals surface area contributed by atoms with Gasteiger partial charge in [0, 0.05) is 37.3 Å². The third-order valence-electron chi connectivity index (χ3n) is 8.90. The zero-order chi connectivity index (χ0) is 30.8. The largest absolute Gasteiger partial charge is 0.309 e. The summed E-state index contributed by atoms with van der Waals surface area (Å²) in [5, 5.41) is 5.03. The molecule has 0 radical (unpaired) electrons. The first-order chi connectivity index (χ1) is 21.2. The van der Waals surface area contributed by atoms with E-state index in [4.69, 9.17) is 0 Å². The van der Waals surface area contributed by atoms with Crippen LogP contribution in [0.2, 0.25) is 0 Å². The predicted octanol–water partition coefficient (Wildman–Crippen LogP) is 8.47.